The number of benzene rings is 2. The molecule has 0 aliphatic carbocycles. The molecule has 0 aromatic heterocycles. The summed E-state index contributed by atoms with van der Waals surface area (Å²) < 4.78 is 41.5. The second kappa shape index (κ2) is 5.77. The number of anilines is 1. The Bertz CT molecular complexity index is 780. The number of hydrogen-bond acceptors (Lipinski definition) is 2. The number of nitrogens with one attached hydrogen (secondary N) is 1. The fourth-order valence-corrected chi connectivity index (χ4v) is 3.82. The summed E-state index contributed by atoms with van der Waals surface area (Å²) in [6, 6.07) is 7.61. The van der Waals surface area contributed by atoms with Gasteiger partial charge in [0.25, 0.3) is 10.0 Å². The minimum Gasteiger partial charge on any atom is -0.279 e. The van der Waals surface area contributed by atoms with Crippen molar-refractivity contribution in [1.82, 2.24) is 0 Å². The van der Waals surface area contributed by atoms with Crippen LogP contribution in [0.25, 0.3) is 0 Å². The average Bonchev–Trinajstić information content (AvgIpc) is 2.33. The number of aryl methyl sites for hydroxylation is 3. The maximum atomic E-state index is 13.9. The van der Waals surface area contributed by atoms with Crippen LogP contribution in [0.3, 0.4) is 0 Å². The smallest absolute Gasteiger partial charge is 0.264 e. The van der Waals surface area contributed by atoms with Crippen LogP contribution in [0.15, 0.2) is 39.7 Å². The minimum atomic E-state index is -3.96. The van der Waals surface area contributed by atoms with Crippen molar-refractivity contribution in [2.24, 2.45) is 0 Å². The van der Waals surface area contributed by atoms with Crippen LogP contribution in [0.5, 0.6) is 0 Å². The predicted octanol–water partition coefficient (Wildman–Crippen LogP) is 4.31. The highest BCUT2D eigenvalue weighted by molar-refractivity contribution is 9.10. The molecule has 0 heterocycles. The highest BCUT2D eigenvalue weighted by Crippen LogP contribution is 2.26. The Kier molecular flexibility index (Phi) is 4.39. The molecule has 2 aromatic rings. The molecule has 2 rings (SSSR count). The molecule has 0 saturated heterocycles. The maximum absolute atomic E-state index is 13.9. The zero-order valence-electron chi connectivity index (χ0n) is 11.9. The maximum Gasteiger partial charge on any atom is 0.264 e. The fourth-order valence-electron chi connectivity index (χ4n) is 2.22. The van der Waals surface area contributed by atoms with Gasteiger partial charge in [-0.1, -0.05) is 33.6 Å². The molecule has 0 unspecified atom stereocenters. The molecule has 0 saturated carbocycles. The zero-order valence-corrected chi connectivity index (χ0v) is 14.3. The first-order valence-corrected chi connectivity index (χ1v) is 8.54. The van der Waals surface area contributed by atoms with Crippen molar-refractivity contribution in [3.63, 3.8) is 0 Å². The van der Waals surface area contributed by atoms with E-state index in [-0.39, 0.29) is 4.90 Å². The molecule has 0 atom stereocenters. The Morgan fingerprint density at radius 1 is 1.05 bits per heavy atom. The Labute approximate surface area is 132 Å². The van der Waals surface area contributed by atoms with Crippen LogP contribution < -0.4 is 4.72 Å². The lowest BCUT2D eigenvalue weighted by Gasteiger charge is -2.14. The van der Waals surface area contributed by atoms with Crippen LogP contribution in [0, 0.1) is 26.6 Å². The first-order chi connectivity index (χ1) is 9.70. The Morgan fingerprint density at radius 2 is 1.62 bits per heavy atom. The Hall–Kier alpha value is -1.40. The Morgan fingerprint density at radius 3 is 2.14 bits per heavy atom. The van der Waals surface area contributed by atoms with Gasteiger partial charge in [0.2, 0.25) is 0 Å². The first-order valence-electron chi connectivity index (χ1n) is 6.26. The summed E-state index contributed by atoms with van der Waals surface area (Å²) in [6.07, 6.45) is 0. The molecule has 0 bridgehead atoms. The monoisotopic (exact) mass is 371 g/mol. The molecule has 0 aliphatic rings. The third-order valence-corrected chi connectivity index (χ3v) is 4.97. The number of rotatable bonds is 3. The van der Waals surface area contributed by atoms with Crippen LogP contribution in [0.2, 0.25) is 0 Å². The first kappa shape index (κ1) is 16.0. The summed E-state index contributed by atoms with van der Waals surface area (Å²) in [6.45, 7) is 5.57. The van der Waals surface area contributed by atoms with E-state index in [1.54, 1.807) is 0 Å². The van der Waals surface area contributed by atoms with E-state index in [0.717, 1.165) is 22.8 Å². The molecule has 0 fully saturated rings. The molecule has 0 radical (unpaired) electrons. The molecule has 0 amide bonds. The lowest BCUT2D eigenvalue weighted by molar-refractivity contribution is 0.569. The molecule has 0 aliphatic heterocycles. The largest absolute Gasteiger partial charge is 0.279 e. The average molecular weight is 372 g/mol. The van der Waals surface area contributed by atoms with Gasteiger partial charge in [-0.05, 0) is 50.1 Å². The quantitative estimate of drug-likeness (QED) is 0.873. The molecule has 0 spiro atoms. The van der Waals surface area contributed by atoms with Crippen LogP contribution in [0.4, 0.5) is 10.1 Å². The van der Waals surface area contributed by atoms with E-state index in [9.17, 15) is 12.8 Å². The summed E-state index contributed by atoms with van der Waals surface area (Å²) in [5.41, 5.74) is 3.13. The van der Waals surface area contributed by atoms with E-state index in [4.69, 9.17) is 0 Å². The lowest BCUT2D eigenvalue weighted by atomic mass is 10.1. The van der Waals surface area contributed by atoms with E-state index in [1.807, 2.05) is 32.9 Å². The van der Waals surface area contributed by atoms with Crippen molar-refractivity contribution >= 4 is 31.6 Å². The van der Waals surface area contributed by atoms with Gasteiger partial charge >= 0.3 is 0 Å². The fraction of sp³-hybridized carbons (Fsp3) is 0.200. The number of halogens is 2. The van der Waals surface area contributed by atoms with Gasteiger partial charge in [0, 0.05) is 4.47 Å². The van der Waals surface area contributed by atoms with Crippen molar-refractivity contribution in [2.75, 3.05) is 4.72 Å². The van der Waals surface area contributed by atoms with Gasteiger partial charge in [-0.3, -0.25) is 4.72 Å². The van der Waals surface area contributed by atoms with Crippen molar-refractivity contribution in [2.45, 2.75) is 25.7 Å². The molecular weight excluding hydrogens is 357 g/mol. The molecule has 21 heavy (non-hydrogen) atoms. The standard InChI is InChI=1S/C15H15BrFNO2S/c1-9-6-10(2)15(11(3)7-9)18-21(19,20)14-5-4-12(16)8-13(14)17/h4-8,18H,1-3H3. The summed E-state index contributed by atoms with van der Waals surface area (Å²) >= 11 is 3.11. The van der Waals surface area contributed by atoms with Crippen LogP contribution in [-0.4, -0.2) is 8.42 Å². The summed E-state index contributed by atoms with van der Waals surface area (Å²) in [5, 5.41) is 0. The summed E-state index contributed by atoms with van der Waals surface area (Å²) in [4.78, 5) is -0.370. The van der Waals surface area contributed by atoms with Gasteiger partial charge in [0.05, 0.1) is 5.69 Å². The van der Waals surface area contributed by atoms with Gasteiger partial charge in [0.15, 0.2) is 0 Å². The van der Waals surface area contributed by atoms with Gasteiger partial charge in [-0.25, -0.2) is 12.8 Å². The van der Waals surface area contributed by atoms with Crippen molar-refractivity contribution < 1.29 is 12.8 Å². The summed E-state index contributed by atoms with van der Waals surface area (Å²) in [7, 11) is -3.96. The minimum absolute atomic E-state index is 0.370. The van der Waals surface area contributed by atoms with Crippen molar-refractivity contribution in [3.05, 3.63) is 57.3 Å². The van der Waals surface area contributed by atoms with Gasteiger partial charge in [0.1, 0.15) is 10.7 Å². The van der Waals surface area contributed by atoms with Gasteiger partial charge < -0.3 is 0 Å². The number of sulfonamides is 1. The van der Waals surface area contributed by atoms with E-state index in [2.05, 4.69) is 20.7 Å². The summed E-state index contributed by atoms with van der Waals surface area (Å²) in [5.74, 6) is -0.792. The van der Waals surface area contributed by atoms with E-state index < -0.39 is 15.8 Å². The van der Waals surface area contributed by atoms with E-state index in [1.165, 1.54) is 12.1 Å². The molecular formula is C15H15BrFNO2S. The van der Waals surface area contributed by atoms with E-state index >= 15 is 0 Å². The van der Waals surface area contributed by atoms with Gasteiger partial charge in [-0.15, -0.1) is 0 Å². The Balaban J connectivity index is 2.47. The third kappa shape index (κ3) is 3.44. The predicted molar refractivity (Wildman–Crippen MR) is 85.6 cm³/mol. The van der Waals surface area contributed by atoms with Crippen molar-refractivity contribution in [3.8, 4) is 0 Å². The second-order valence-electron chi connectivity index (χ2n) is 4.95. The molecule has 6 heteroatoms. The highest BCUT2D eigenvalue weighted by Gasteiger charge is 2.21. The SMILES string of the molecule is Cc1cc(C)c(NS(=O)(=O)c2ccc(Br)cc2F)c(C)c1. The number of hydrogen-bond donors (Lipinski definition) is 1. The van der Waals surface area contributed by atoms with Crippen molar-refractivity contribution in [1.29, 1.82) is 0 Å². The highest BCUT2D eigenvalue weighted by atomic mass is 79.9. The lowest BCUT2D eigenvalue weighted by Crippen LogP contribution is -2.16. The van der Waals surface area contributed by atoms with Crippen LogP contribution >= 0.6 is 15.9 Å². The molecule has 3 nitrogen and oxygen atoms in total. The zero-order chi connectivity index (χ0) is 15.8. The molecule has 1 N–H and O–H groups in total. The van der Waals surface area contributed by atoms with Crippen LogP contribution in [0.1, 0.15) is 16.7 Å². The second-order valence-corrected chi connectivity index (χ2v) is 7.52. The topological polar surface area (TPSA) is 46.2 Å². The van der Waals surface area contributed by atoms with Gasteiger partial charge in [-0.2, -0.15) is 0 Å². The molecule has 112 valence electrons. The molecule has 2 aromatic carbocycles. The van der Waals surface area contributed by atoms with E-state index in [0.29, 0.717) is 10.2 Å². The van der Waals surface area contributed by atoms with Crippen LogP contribution in [-0.2, 0) is 10.0 Å². The third-order valence-electron chi connectivity index (χ3n) is 3.10. The normalized spacial score (nSPS) is 11.5.